The van der Waals surface area contributed by atoms with Crippen molar-refractivity contribution in [1.82, 2.24) is 5.32 Å². The highest BCUT2D eigenvalue weighted by Crippen LogP contribution is 2.01. The molecule has 0 heterocycles. The molecule has 0 aliphatic heterocycles. The second-order valence-corrected chi connectivity index (χ2v) is 2.61. The van der Waals surface area contributed by atoms with E-state index >= 15 is 0 Å². The van der Waals surface area contributed by atoms with Crippen LogP contribution in [0.4, 0.5) is 0 Å². The summed E-state index contributed by atoms with van der Waals surface area (Å²) >= 11 is 0. The fourth-order valence-electron chi connectivity index (χ4n) is 1.01. The van der Waals surface area contributed by atoms with E-state index in [0.717, 1.165) is 13.0 Å². The van der Waals surface area contributed by atoms with E-state index in [2.05, 4.69) is 11.4 Å². The Morgan fingerprint density at radius 3 is 3.31 bits per heavy atom. The monoisotopic (exact) mass is 176 g/mol. The molecule has 0 saturated carbocycles. The van der Waals surface area contributed by atoms with Crippen molar-refractivity contribution >= 4 is 0 Å². The van der Waals surface area contributed by atoms with Crippen LogP contribution in [0.25, 0.3) is 0 Å². The molecule has 1 aliphatic carbocycles. The Hall–Kier alpha value is -1.50. The Labute approximate surface area is 84.1 Å². The van der Waals surface area contributed by atoms with Crippen LogP contribution in [0.15, 0.2) is 61.3 Å². The summed E-state index contributed by atoms with van der Waals surface area (Å²) in [6, 6.07) is 0.383. The zero-order valence-corrected chi connectivity index (χ0v) is 7.40. The van der Waals surface area contributed by atoms with Crippen molar-refractivity contribution in [2.45, 2.75) is 12.5 Å². The smallest absolute Gasteiger partial charge is 0.0623 e. The van der Waals surface area contributed by atoms with Gasteiger partial charge in [-0.3, -0.25) is 0 Å². The third kappa shape index (κ3) is 4.16. The molecule has 13 heavy (non-hydrogen) atoms. The lowest BCUT2D eigenvalue weighted by Crippen LogP contribution is -2.21. The molecule has 1 aliphatic rings. The molecule has 1 rings (SSSR count). The van der Waals surface area contributed by atoms with Gasteiger partial charge in [0.15, 0.2) is 0 Å². The molecular weight excluding hydrogens is 158 g/mol. The maximum Gasteiger partial charge on any atom is 0.0623 e. The van der Waals surface area contributed by atoms with Crippen molar-refractivity contribution in [3.63, 3.8) is 0 Å². The molecule has 0 fully saturated rings. The van der Waals surface area contributed by atoms with Crippen molar-refractivity contribution in [2.24, 2.45) is 0 Å². The van der Waals surface area contributed by atoms with E-state index in [1.54, 1.807) is 6.20 Å². The first-order chi connectivity index (χ1) is 7.74. The van der Waals surface area contributed by atoms with Gasteiger partial charge in [-0.15, -0.1) is 0 Å². The molecule has 0 aromatic heterocycles. The Morgan fingerprint density at radius 1 is 1.54 bits per heavy atom. The highest BCUT2D eigenvalue weighted by atomic mass is 14.9. The number of hydrogen-bond acceptors (Lipinski definition) is 1. The molecule has 1 heteroatoms. The predicted octanol–water partition coefficient (Wildman–Crippen LogP) is 2.72. The van der Waals surface area contributed by atoms with E-state index in [9.17, 15) is 0 Å². The first kappa shape index (κ1) is 6.03. The van der Waals surface area contributed by atoms with Gasteiger partial charge >= 0.3 is 0 Å². The summed E-state index contributed by atoms with van der Waals surface area (Å²) in [4.78, 5) is 0. The fraction of sp³-hybridized carbons (Fsp3) is 0.167. The standard InChI is InChI=1S/C12H15N/c1-2-3-4-8-11-13-12-9-6-5-7-10-12/h2-9,11-13H,1,10H2/b4-3-,11-8+/i1D,3D,4D/b2-1?,4-3-,11-8+. The average Bonchev–Trinajstić information content (AvgIpc) is 2.30. The van der Waals surface area contributed by atoms with Crippen molar-refractivity contribution in [1.29, 1.82) is 0 Å². The summed E-state index contributed by atoms with van der Waals surface area (Å²) < 4.78 is 21.7. The van der Waals surface area contributed by atoms with Crippen LogP contribution < -0.4 is 5.32 Å². The van der Waals surface area contributed by atoms with E-state index in [0.29, 0.717) is 0 Å². The van der Waals surface area contributed by atoms with E-state index < -0.39 is 0 Å². The minimum atomic E-state index is 0.0344. The maximum absolute atomic E-state index is 7.50. The Bertz CT molecular complexity index is 364. The van der Waals surface area contributed by atoms with Gasteiger partial charge in [-0.05, 0) is 18.7 Å². The molecule has 1 N–H and O–H groups in total. The van der Waals surface area contributed by atoms with E-state index in [4.69, 9.17) is 4.11 Å². The van der Waals surface area contributed by atoms with Crippen LogP contribution in [0.3, 0.4) is 0 Å². The van der Waals surface area contributed by atoms with Crippen LogP contribution in [0.2, 0.25) is 0 Å². The predicted molar refractivity (Wildman–Crippen MR) is 58.3 cm³/mol. The van der Waals surface area contributed by atoms with Crippen LogP contribution >= 0.6 is 0 Å². The van der Waals surface area contributed by atoms with E-state index in [1.165, 1.54) is 12.2 Å². The molecule has 0 saturated heterocycles. The van der Waals surface area contributed by atoms with Crippen LogP contribution in [0.5, 0.6) is 0 Å². The van der Waals surface area contributed by atoms with Crippen LogP contribution in [-0.4, -0.2) is 6.04 Å². The average molecular weight is 176 g/mol. The molecular formula is C12H15N. The number of allylic oxidation sites excluding steroid dienone is 6. The molecule has 0 radical (unpaired) electrons. The van der Waals surface area contributed by atoms with E-state index in [-0.39, 0.29) is 18.1 Å². The summed E-state index contributed by atoms with van der Waals surface area (Å²) in [5, 5.41) is 3.12. The molecule has 1 atom stereocenters. The first-order valence-corrected chi connectivity index (χ1v) is 4.22. The van der Waals surface area contributed by atoms with Crippen molar-refractivity contribution in [2.75, 3.05) is 0 Å². The molecule has 0 amide bonds. The lowest BCUT2D eigenvalue weighted by Gasteiger charge is -2.12. The van der Waals surface area contributed by atoms with Crippen molar-refractivity contribution < 1.29 is 4.11 Å². The van der Waals surface area contributed by atoms with Gasteiger partial charge in [-0.25, -0.2) is 0 Å². The van der Waals surface area contributed by atoms with Gasteiger partial charge in [0, 0.05) is 6.04 Å². The normalized spacial score (nSPS) is 27.1. The second-order valence-electron chi connectivity index (χ2n) is 2.61. The van der Waals surface area contributed by atoms with E-state index in [1.807, 2.05) is 18.2 Å². The minimum absolute atomic E-state index is 0.0344. The zero-order chi connectivity index (χ0) is 11.8. The second kappa shape index (κ2) is 6.06. The lowest BCUT2D eigenvalue weighted by atomic mass is 10.1. The molecule has 68 valence electrons. The van der Waals surface area contributed by atoms with Gasteiger partial charge in [0.1, 0.15) is 0 Å². The van der Waals surface area contributed by atoms with Crippen LogP contribution in [0, 0.1) is 0 Å². The summed E-state index contributed by atoms with van der Waals surface area (Å²) in [5.41, 5.74) is 0. The third-order valence-electron chi connectivity index (χ3n) is 1.62. The summed E-state index contributed by atoms with van der Waals surface area (Å²) in [7, 11) is 0. The molecule has 0 aromatic carbocycles. The number of rotatable bonds is 4. The van der Waals surface area contributed by atoms with Gasteiger partial charge < -0.3 is 5.32 Å². The van der Waals surface area contributed by atoms with Crippen molar-refractivity contribution in [3.05, 3.63) is 61.3 Å². The lowest BCUT2D eigenvalue weighted by molar-refractivity contribution is 0.705. The Balaban J connectivity index is 2.45. The topological polar surface area (TPSA) is 12.0 Å². The summed E-state index contributed by atoms with van der Waals surface area (Å²) in [6.07, 6.45) is 13.5. The summed E-state index contributed by atoms with van der Waals surface area (Å²) in [5.74, 6) is 0. The molecule has 0 spiro atoms. The van der Waals surface area contributed by atoms with Crippen molar-refractivity contribution in [3.8, 4) is 0 Å². The fourth-order valence-corrected chi connectivity index (χ4v) is 1.01. The van der Waals surface area contributed by atoms with Gasteiger partial charge in [0.25, 0.3) is 0 Å². The van der Waals surface area contributed by atoms with Crippen LogP contribution in [0.1, 0.15) is 10.5 Å². The van der Waals surface area contributed by atoms with Gasteiger partial charge in [-0.2, -0.15) is 0 Å². The minimum Gasteiger partial charge on any atom is -0.384 e. The largest absolute Gasteiger partial charge is 0.384 e. The highest BCUT2D eigenvalue weighted by molar-refractivity contribution is 5.15. The highest BCUT2D eigenvalue weighted by Gasteiger charge is 1.99. The van der Waals surface area contributed by atoms with Gasteiger partial charge in [0.2, 0.25) is 0 Å². The first-order valence-electron chi connectivity index (χ1n) is 5.80. The Morgan fingerprint density at radius 2 is 2.54 bits per heavy atom. The number of hydrogen-bond donors (Lipinski definition) is 1. The maximum atomic E-state index is 7.50. The zero-order valence-electron chi connectivity index (χ0n) is 10.4. The Kier molecular flexibility index (Phi) is 2.81. The number of nitrogens with one attached hydrogen (secondary N) is 1. The SMILES string of the molecule is [2H]C=C/C([2H])=C([2H])\C=C\NC1C=CC=CC1. The molecule has 1 unspecified atom stereocenters. The van der Waals surface area contributed by atoms with Gasteiger partial charge in [-0.1, -0.05) is 49.0 Å². The summed E-state index contributed by atoms with van der Waals surface area (Å²) in [6.45, 7) is 1.01. The molecule has 1 nitrogen and oxygen atoms in total. The van der Waals surface area contributed by atoms with Crippen LogP contribution in [-0.2, 0) is 0 Å². The molecule has 0 aromatic rings. The quantitative estimate of drug-likeness (QED) is 0.649. The van der Waals surface area contributed by atoms with Gasteiger partial charge in [0.05, 0.1) is 4.11 Å². The molecule has 0 bridgehead atoms. The third-order valence-corrected chi connectivity index (χ3v) is 1.62.